The van der Waals surface area contributed by atoms with Crippen LogP contribution in [-0.4, -0.2) is 43.8 Å². The molecule has 3 heteroatoms. The molecule has 0 saturated carbocycles. The van der Waals surface area contributed by atoms with Gasteiger partial charge >= 0.3 is 0 Å². The van der Waals surface area contributed by atoms with Gasteiger partial charge in [0.1, 0.15) is 0 Å². The van der Waals surface area contributed by atoms with Crippen molar-refractivity contribution in [2.75, 3.05) is 32.8 Å². The van der Waals surface area contributed by atoms with E-state index in [0.717, 1.165) is 25.6 Å². The maximum atomic E-state index is 5.79. The number of hydrogen-bond donors (Lipinski definition) is 1. The molecule has 0 amide bonds. The smallest absolute Gasteiger partial charge is 0.0702 e. The van der Waals surface area contributed by atoms with Crippen molar-refractivity contribution < 1.29 is 4.74 Å². The second-order valence-corrected chi connectivity index (χ2v) is 5.31. The van der Waals surface area contributed by atoms with E-state index in [9.17, 15) is 0 Å². The number of rotatable bonds is 4. The maximum absolute atomic E-state index is 5.79. The molecule has 2 fully saturated rings. The van der Waals surface area contributed by atoms with E-state index in [-0.39, 0.29) is 0 Å². The zero-order valence-corrected chi connectivity index (χ0v) is 10.4. The number of likely N-dealkylation sites (tertiary alicyclic amines) is 1. The molecule has 94 valence electrons. The van der Waals surface area contributed by atoms with Crippen LogP contribution in [0.5, 0.6) is 0 Å². The Morgan fingerprint density at radius 1 is 1.12 bits per heavy atom. The molecular formula is C13H26N2O. The van der Waals surface area contributed by atoms with Crippen molar-refractivity contribution in [3.05, 3.63) is 0 Å². The van der Waals surface area contributed by atoms with E-state index in [4.69, 9.17) is 10.5 Å². The van der Waals surface area contributed by atoms with Crippen LogP contribution in [0.4, 0.5) is 0 Å². The zero-order chi connectivity index (χ0) is 11.2. The Balaban J connectivity index is 1.64. The molecule has 1 unspecified atom stereocenters. The molecule has 2 aliphatic rings. The van der Waals surface area contributed by atoms with Crippen molar-refractivity contribution >= 4 is 0 Å². The number of nitrogens with two attached hydrogens (primary N) is 1. The van der Waals surface area contributed by atoms with Crippen molar-refractivity contribution in [3.8, 4) is 0 Å². The van der Waals surface area contributed by atoms with Crippen LogP contribution in [0.15, 0.2) is 0 Å². The van der Waals surface area contributed by atoms with E-state index in [0.29, 0.717) is 6.10 Å². The fraction of sp³-hybridized carbons (Fsp3) is 1.00. The Kier molecular flexibility index (Phi) is 5.07. The number of nitrogens with zero attached hydrogens (tertiary/aromatic N) is 1. The molecule has 1 atom stereocenters. The summed E-state index contributed by atoms with van der Waals surface area (Å²) in [6.07, 6.45) is 8.29. The SMILES string of the molecule is NCCC1CCN(CC2CCCCO2)CC1. The van der Waals surface area contributed by atoms with Gasteiger partial charge in [-0.2, -0.15) is 0 Å². The maximum Gasteiger partial charge on any atom is 0.0702 e. The van der Waals surface area contributed by atoms with E-state index in [1.54, 1.807) is 0 Å². The highest BCUT2D eigenvalue weighted by molar-refractivity contribution is 4.76. The summed E-state index contributed by atoms with van der Waals surface area (Å²) in [7, 11) is 0. The summed E-state index contributed by atoms with van der Waals surface area (Å²) in [5.74, 6) is 0.883. The summed E-state index contributed by atoms with van der Waals surface area (Å²) in [6, 6.07) is 0. The fourth-order valence-corrected chi connectivity index (χ4v) is 2.93. The van der Waals surface area contributed by atoms with Gasteiger partial charge in [0.05, 0.1) is 6.10 Å². The number of ether oxygens (including phenoxy) is 1. The van der Waals surface area contributed by atoms with Crippen molar-refractivity contribution in [3.63, 3.8) is 0 Å². The second-order valence-electron chi connectivity index (χ2n) is 5.31. The molecule has 2 heterocycles. The molecule has 0 aliphatic carbocycles. The van der Waals surface area contributed by atoms with Gasteiger partial charge in [-0.25, -0.2) is 0 Å². The first kappa shape index (κ1) is 12.3. The topological polar surface area (TPSA) is 38.5 Å². The third-order valence-corrected chi connectivity index (χ3v) is 4.02. The number of piperidine rings is 1. The van der Waals surface area contributed by atoms with Gasteiger partial charge in [-0.3, -0.25) is 0 Å². The first-order chi connectivity index (χ1) is 7.88. The van der Waals surface area contributed by atoms with Gasteiger partial charge in [0, 0.05) is 13.2 Å². The van der Waals surface area contributed by atoms with Crippen LogP contribution in [0.25, 0.3) is 0 Å². The average Bonchev–Trinajstić information content (AvgIpc) is 2.33. The minimum absolute atomic E-state index is 0.514. The summed E-state index contributed by atoms with van der Waals surface area (Å²) in [5, 5.41) is 0. The molecule has 2 saturated heterocycles. The van der Waals surface area contributed by atoms with E-state index in [2.05, 4.69) is 4.90 Å². The van der Waals surface area contributed by atoms with Crippen LogP contribution < -0.4 is 5.73 Å². The van der Waals surface area contributed by atoms with Crippen LogP contribution in [0.2, 0.25) is 0 Å². The third kappa shape index (κ3) is 3.72. The Hall–Kier alpha value is -0.120. The summed E-state index contributed by atoms with van der Waals surface area (Å²) in [4.78, 5) is 2.59. The Labute approximate surface area is 99.3 Å². The second kappa shape index (κ2) is 6.58. The van der Waals surface area contributed by atoms with E-state index < -0.39 is 0 Å². The Morgan fingerprint density at radius 2 is 1.94 bits per heavy atom. The molecule has 2 aliphatic heterocycles. The highest BCUT2D eigenvalue weighted by Crippen LogP contribution is 2.21. The minimum atomic E-state index is 0.514. The van der Waals surface area contributed by atoms with Crippen LogP contribution in [0.1, 0.15) is 38.5 Å². The molecule has 2 N–H and O–H groups in total. The average molecular weight is 226 g/mol. The van der Waals surface area contributed by atoms with Crippen molar-refractivity contribution in [1.29, 1.82) is 0 Å². The third-order valence-electron chi connectivity index (χ3n) is 4.02. The Morgan fingerprint density at radius 3 is 2.56 bits per heavy atom. The van der Waals surface area contributed by atoms with Gasteiger partial charge in [-0.15, -0.1) is 0 Å². The van der Waals surface area contributed by atoms with Crippen LogP contribution in [0, 0.1) is 5.92 Å². The number of hydrogen-bond acceptors (Lipinski definition) is 3. The molecule has 0 radical (unpaired) electrons. The molecule has 16 heavy (non-hydrogen) atoms. The van der Waals surface area contributed by atoms with Crippen LogP contribution in [0.3, 0.4) is 0 Å². The highest BCUT2D eigenvalue weighted by atomic mass is 16.5. The molecule has 0 aromatic carbocycles. The lowest BCUT2D eigenvalue weighted by Crippen LogP contribution is -2.40. The highest BCUT2D eigenvalue weighted by Gasteiger charge is 2.22. The van der Waals surface area contributed by atoms with Gasteiger partial charge in [-0.1, -0.05) is 0 Å². The largest absolute Gasteiger partial charge is 0.377 e. The fourth-order valence-electron chi connectivity index (χ4n) is 2.93. The summed E-state index contributed by atoms with van der Waals surface area (Å²) in [5.41, 5.74) is 5.61. The van der Waals surface area contributed by atoms with Gasteiger partial charge in [0.15, 0.2) is 0 Å². The van der Waals surface area contributed by atoms with Gasteiger partial charge in [-0.05, 0) is 64.1 Å². The first-order valence-electron chi connectivity index (χ1n) is 6.92. The lowest BCUT2D eigenvalue weighted by Gasteiger charge is -2.35. The van der Waals surface area contributed by atoms with Gasteiger partial charge < -0.3 is 15.4 Å². The van der Waals surface area contributed by atoms with Gasteiger partial charge in [0.2, 0.25) is 0 Å². The van der Waals surface area contributed by atoms with E-state index in [1.165, 1.54) is 51.6 Å². The molecule has 3 nitrogen and oxygen atoms in total. The molecule has 0 spiro atoms. The zero-order valence-electron chi connectivity index (χ0n) is 10.4. The quantitative estimate of drug-likeness (QED) is 0.791. The first-order valence-corrected chi connectivity index (χ1v) is 6.92. The van der Waals surface area contributed by atoms with E-state index >= 15 is 0 Å². The molecular weight excluding hydrogens is 200 g/mol. The monoisotopic (exact) mass is 226 g/mol. The van der Waals surface area contributed by atoms with Crippen molar-refractivity contribution in [1.82, 2.24) is 4.90 Å². The summed E-state index contributed by atoms with van der Waals surface area (Å²) in [6.45, 7) is 5.51. The Bertz CT molecular complexity index is 184. The van der Waals surface area contributed by atoms with Crippen LogP contribution in [-0.2, 0) is 4.74 Å². The molecule has 0 bridgehead atoms. The lowest BCUT2D eigenvalue weighted by molar-refractivity contribution is -0.0114. The summed E-state index contributed by atoms with van der Waals surface area (Å²) < 4.78 is 5.79. The molecule has 2 rings (SSSR count). The normalized spacial score (nSPS) is 29.4. The molecule has 0 aromatic heterocycles. The van der Waals surface area contributed by atoms with Crippen molar-refractivity contribution in [2.45, 2.75) is 44.6 Å². The predicted octanol–water partition coefficient (Wildman–Crippen LogP) is 1.62. The minimum Gasteiger partial charge on any atom is -0.377 e. The predicted molar refractivity (Wildman–Crippen MR) is 66.4 cm³/mol. The molecule has 0 aromatic rings. The summed E-state index contributed by atoms with van der Waals surface area (Å²) >= 11 is 0. The van der Waals surface area contributed by atoms with E-state index in [1.807, 2.05) is 0 Å². The lowest BCUT2D eigenvalue weighted by atomic mass is 9.93. The van der Waals surface area contributed by atoms with Gasteiger partial charge in [0.25, 0.3) is 0 Å². The van der Waals surface area contributed by atoms with Crippen LogP contribution >= 0.6 is 0 Å². The standard InChI is InChI=1S/C13H26N2O/c14-7-4-12-5-8-15(9-6-12)11-13-3-1-2-10-16-13/h12-13H,1-11,14H2. The van der Waals surface area contributed by atoms with Crippen molar-refractivity contribution in [2.24, 2.45) is 11.7 Å².